The van der Waals surface area contributed by atoms with Crippen LogP contribution in [0.4, 0.5) is 17.1 Å². The van der Waals surface area contributed by atoms with Crippen molar-refractivity contribution in [1.82, 2.24) is 0 Å². The molecule has 0 bridgehead atoms. The fourth-order valence-corrected chi connectivity index (χ4v) is 8.10. The average molecular weight is 670 g/mol. The smallest absolute Gasteiger partial charge is 0.0520 e. The second-order valence-corrected chi connectivity index (χ2v) is 15.7. The van der Waals surface area contributed by atoms with Crippen LogP contribution in [-0.4, -0.2) is 0 Å². The maximum Gasteiger partial charge on any atom is 0.0520 e. The highest BCUT2D eigenvalue weighted by atomic mass is 15.1. The Morgan fingerprint density at radius 1 is 0.385 bits per heavy atom. The predicted octanol–water partition coefficient (Wildman–Crippen LogP) is 14.7. The van der Waals surface area contributed by atoms with Gasteiger partial charge in [0.15, 0.2) is 0 Å². The fraction of sp³-hybridized carbons (Fsp3) is 0.137. The van der Waals surface area contributed by atoms with Crippen LogP contribution < -0.4 is 4.90 Å². The summed E-state index contributed by atoms with van der Waals surface area (Å²) in [6.07, 6.45) is 0. The predicted molar refractivity (Wildman–Crippen MR) is 224 cm³/mol. The van der Waals surface area contributed by atoms with Crippen LogP contribution >= 0.6 is 0 Å². The van der Waals surface area contributed by atoms with Crippen LogP contribution in [0.3, 0.4) is 0 Å². The summed E-state index contributed by atoms with van der Waals surface area (Å²) in [5.74, 6) is 0. The third-order valence-electron chi connectivity index (χ3n) is 11.1. The third-order valence-corrected chi connectivity index (χ3v) is 11.1. The van der Waals surface area contributed by atoms with Gasteiger partial charge in [0, 0.05) is 11.4 Å². The lowest BCUT2D eigenvalue weighted by Gasteiger charge is -2.31. The Balaban J connectivity index is 1.12. The van der Waals surface area contributed by atoms with Gasteiger partial charge in [-0.05, 0) is 163 Å². The van der Waals surface area contributed by atoms with Crippen LogP contribution in [0.2, 0.25) is 0 Å². The zero-order valence-electron chi connectivity index (χ0n) is 30.9. The number of nitrogens with zero attached hydrogens (tertiary/aromatic N) is 1. The van der Waals surface area contributed by atoms with E-state index >= 15 is 0 Å². The number of aryl methyl sites for hydroxylation is 3. The number of fused-ring (bicyclic) bond motifs is 6. The van der Waals surface area contributed by atoms with Gasteiger partial charge in [-0.1, -0.05) is 124 Å². The summed E-state index contributed by atoms with van der Waals surface area (Å²) in [5.41, 5.74) is 19.2. The first-order chi connectivity index (χ1) is 25.1. The Bertz CT molecular complexity index is 2650. The molecule has 1 heteroatoms. The van der Waals surface area contributed by atoms with Gasteiger partial charge >= 0.3 is 0 Å². The Hall–Kier alpha value is -5.92. The Morgan fingerprint density at radius 3 is 1.54 bits per heavy atom. The molecule has 0 fully saturated rings. The standard InChI is InChI=1S/C51H43N/c1-32-15-16-40(35-13-8-7-9-14-35)31-49(32)52(50-33(2)11-10-12-34(50)3)44-24-21-39-28-46-47-29-41-25-37(36-19-22-43(23-20-36)51(4,5)6)17-18-38(41)27-45(47)48(46)30-42(39)26-44/h7-31H,1-6H3. The monoisotopic (exact) mass is 669 g/mol. The zero-order chi connectivity index (χ0) is 35.7. The summed E-state index contributed by atoms with van der Waals surface area (Å²) in [6, 6.07) is 56.7. The third kappa shape index (κ3) is 5.40. The van der Waals surface area contributed by atoms with Gasteiger partial charge in [-0.15, -0.1) is 0 Å². The second kappa shape index (κ2) is 12.1. The molecule has 9 rings (SSSR count). The van der Waals surface area contributed by atoms with E-state index in [9.17, 15) is 0 Å². The summed E-state index contributed by atoms with van der Waals surface area (Å²) < 4.78 is 0. The number of para-hydroxylation sites is 1. The normalized spacial score (nSPS) is 12.0. The van der Waals surface area contributed by atoms with Crippen LogP contribution in [0.1, 0.15) is 43.0 Å². The minimum atomic E-state index is 0.149. The Morgan fingerprint density at radius 2 is 0.904 bits per heavy atom. The van der Waals surface area contributed by atoms with Crippen molar-refractivity contribution in [3.05, 3.63) is 174 Å². The maximum absolute atomic E-state index is 2.47. The largest absolute Gasteiger partial charge is 0.310 e. The molecule has 0 spiro atoms. The van der Waals surface area contributed by atoms with Crippen LogP contribution in [0.25, 0.3) is 66.1 Å². The van der Waals surface area contributed by atoms with Crippen molar-refractivity contribution in [2.45, 2.75) is 47.0 Å². The van der Waals surface area contributed by atoms with E-state index in [0.29, 0.717) is 0 Å². The molecule has 0 aromatic heterocycles. The molecule has 0 unspecified atom stereocenters. The van der Waals surface area contributed by atoms with Crippen LogP contribution in [0.15, 0.2) is 152 Å². The molecule has 0 heterocycles. The van der Waals surface area contributed by atoms with E-state index < -0.39 is 0 Å². The van der Waals surface area contributed by atoms with Gasteiger partial charge in [0.05, 0.1) is 5.69 Å². The number of hydrogen-bond donors (Lipinski definition) is 0. The van der Waals surface area contributed by atoms with E-state index in [1.54, 1.807) is 0 Å². The van der Waals surface area contributed by atoms with Gasteiger partial charge in [0.1, 0.15) is 0 Å². The van der Waals surface area contributed by atoms with Crippen LogP contribution in [-0.2, 0) is 5.41 Å². The van der Waals surface area contributed by atoms with Gasteiger partial charge in [-0.3, -0.25) is 0 Å². The summed E-state index contributed by atoms with van der Waals surface area (Å²) in [6.45, 7) is 13.5. The number of benzene rings is 8. The maximum atomic E-state index is 2.47. The minimum Gasteiger partial charge on any atom is -0.310 e. The van der Waals surface area contributed by atoms with E-state index in [-0.39, 0.29) is 5.41 Å². The molecule has 52 heavy (non-hydrogen) atoms. The fourth-order valence-electron chi connectivity index (χ4n) is 8.10. The SMILES string of the molecule is Cc1ccc(-c2ccccc2)cc1N(c1ccc2cc3c(cc2c1)-c1cc2ccc(-c4ccc(C(C)(C)C)cc4)cc2cc1-3)c1c(C)cccc1C. The first kappa shape index (κ1) is 32.0. The molecule has 0 amide bonds. The Kier molecular flexibility index (Phi) is 7.45. The molecule has 0 aliphatic heterocycles. The number of rotatable bonds is 5. The zero-order valence-corrected chi connectivity index (χ0v) is 30.9. The lowest BCUT2D eigenvalue weighted by atomic mass is 9.77. The first-order valence-electron chi connectivity index (χ1n) is 18.4. The van der Waals surface area contributed by atoms with E-state index in [4.69, 9.17) is 0 Å². The molecule has 1 aliphatic rings. The molecule has 8 aromatic rings. The van der Waals surface area contributed by atoms with E-state index in [1.165, 1.54) is 105 Å². The van der Waals surface area contributed by atoms with Gasteiger partial charge in [0.2, 0.25) is 0 Å². The average Bonchev–Trinajstić information content (AvgIpc) is 3.15. The molecular formula is C51H43N. The van der Waals surface area contributed by atoms with Crippen molar-refractivity contribution in [3.8, 4) is 44.5 Å². The lowest BCUT2D eigenvalue weighted by Crippen LogP contribution is -2.14. The van der Waals surface area contributed by atoms with Gasteiger partial charge in [0.25, 0.3) is 0 Å². The van der Waals surface area contributed by atoms with Gasteiger partial charge in [-0.25, -0.2) is 0 Å². The summed E-state index contributed by atoms with van der Waals surface area (Å²) in [5, 5.41) is 5.08. The molecule has 1 aliphatic carbocycles. The van der Waals surface area contributed by atoms with Crippen molar-refractivity contribution in [2.75, 3.05) is 4.90 Å². The van der Waals surface area contributed by atoms with Crippen molar-refractivity contribution in [1.29, 1.82) is 0 Å². The van der Waals surface area contributed by atoms with E-state index in [1.807, 2.05) is 0 Å². The topological polar surface area (TPSA) is 3.24 Å². The highest BCUT2D eigenvalue weighted by Crippen LogP contribution is 2.51. The van der Waals surface area contributed by atoms with Crippen molar-refractivity contribution in [2.24, 2.45) is 0 Å². The van der Waals surface area contributed by atoms with E-state index in [2.05, 4.69) is 198 Å². The molecule has 0 saturated carbocycles. The van der Waals surface area contributed by atoms with Crippen LogP contribution in [0.5, 0.6) is 0 Å². The molecule has 0 atom stereocenters. The lowest BCUT2D eigenvalue weighted by molar-refractivity contribution is 0.590. The molecule has 0 N–H and O–H groups in total. The molecule has 8 aromatic carbocycles. The van der Waals surface area contributed by atoms with Crippen LogP contribution in [0, 0.1) is 20.8 Å². The minimum absolute atomic E-state index is 0.149. The van der Waals surface area contributed by atoms with Crippen molar-refractivity contribution < 1.29 is 0 Å². The number of hydrogen-bond acceptors (Lipinski definition) is 1. The summed E-state index contributed by atoms with van der Waals surface area (Å²) in [7, 11) is 0. The second-order valence-electron chi connectivity index (χ2n) is 15.7. The highest BCUT2D eigenvalue weighted by molar-refractivity contribution is 6.12. The van der Waals surface area contributed by atoms with Gasteiger partial charge in [-0.2, -0.15) is 0 Å². The Labute approximate surface area is 307 Å². The highest BCUT2D eigenvalue weighted by Gasteiger charge is 2.25. The molecular weight excluding hydrogens is 627 g/mol. The quantitative estimate of drug-likeness (QED) is 0.176. The first-order valence-corrected chi connectivity index (χ1v) is 18.4. The van der Waals surface area contributed by atoms with E-state index in [0.717, 1.165) is 0 Å². The summed E-state index contributed by atoms with van der Waals surface area (Å²) in [4.78, 5) is 2.47. The molecule has 0 saturated heterocycles. The molecule has 0 radical (unpaired) electrons. The number of anilines is 3. The summed E-state index contributed by atoms with van der Waals surface area (Å²) >= 11 is 0. The molecule has 1 nitrogen and oxygen atoms in total. The van der Waals surface area contributed by atoms with Crippen molar-refractivity contribution in [3.63, 3.8) is 0 Å². The van der Waals surface area contributed by atoms with Gasteiger partial charge < -0.3 is 4.90 Å². The molecule has 252 valence electrons. The van der Waals surface area contributed by atoms with Crippen molar-refractivity contribution >= 4 is 38.6 Å².